The smallest absolute Gasteiger partial charge is 0.233 e. The van der Waals surface area contributed by atoms with Gasteiger partial charge in [0.05, 0.1) is 16.4 Å². The molecule has 1 atom stereocenters. The maximum atomic E-state index is 12.4. The van der Waals surface area contributed by atoms with Gasteiger partial charge in [-0.2, -0.15) is 0 Å². The Hall–Kier alpha value is -0.940. The van der Waals surface area contributed by atoms with Gasteiger partial charge in [-0.3, -0.25) is 4.79 Å². The molecule has 3 nitrogen and oxygen atoms in total. The minimum atomic E-state index is -0.595. The fraction of sp³-hybridized carbons (Fsp3) is 0.571. The van der Waals surface area contributed by atoms with Crippen molar-refractivity contribution in [3.63, 3.8) is 0 Å². The Morgan fingerprint density at radius 3 is 2.53 bits per heavy atom. The molecule has 2 rings (SSSR count). The lowest BCUT2D eigenvalue weighted by atomic mass is 9.68. The van der Waals surface area contributed by atoms with Gasteiger partial charge in [-0.25, -0.2) is 0 Å². The van der Waals surface area contributed by atoms with E-state index < -0.39 is 5.41 Å². The maximum Gasteiger partial charge on any atom is 0.233 e. The molecule has 1 aromatic heterocycles. The number of carbonyl (C=O) groups excluding carboxylic acids is 1. The molecule has 1 aliphatic carbocycles. The fourth-order valence-corrected chi connectivity index (χ4v) is 3.93. The van der Waals surface area contributed by atoms with Crippen molar-refractivity contribution in [3.05, 3.63) is 21.4 Å². The minimum absolute atomic E-state index is 0.00396. The number of rotatable bonds is 4. The van der Waals surface area contributed by atoms with Crippen molar-refractivity contribution in [2.24, 2.45) is 11.1 Å². The molecule has 1 aromatic rings. The molecule has 0 spiro atoms. The summed E-state index contributed by atoms with van der Waals surface area (Å²) < 4.78 is 0. The van der Waals surface area contributed by atoms with Crippen LogP contribution in [0.15, 0.2) is 6.07 Å². The van der Waals surface area contributed by atoms with Crippen LogP contribution in [0.1, 0.15) is 47.5 Å². The van der Waals surface area contributed by atoms with Crippen LogP contribution in [-0.4, -0.2) is 10.9 Å². The summed E-state index contributed by atoms with van der Waals surface area (Å²) in [6.07, 6.45) is 2.58. The molecule has 0 bridgehead atoms. The SMILES string of the molecule is Cc1cc(C(C)NC(=O)C2(C(N)=S)CCC2)c(C)s1. The Morgan fingerprint density at radius 2 is 2.16 bits per heavy atom. The van der Waals surface area contributed by atoms with E-state index in [-0.39, 0.29) is 11.9 Å². The number of hydrogen-bond acceptors (Lipinski definition) is 3. The van der Waals surface area contributed by atoms with Crippen LogP contribution in [0, 0.1) is 19.3 Å². The van der Waals surface area contributed by atoms with Gasteiger partial charge in [0.2, 0.25) is 5.91 Å². The third-order valence-electron chi connectivity index (χ3n) is 4.01. The zero-order valence-corrected chi connectivity index (χ0v) is 13.2. The standard InChI is InChI=1S/C14H20N2OS2/c1-8-7-11(10(3)19-8)9(2)16-13(17)14(12(15)18)5-4-6-14/h7,9H,4-6H2,1-3H3,(H2,15,18)(H,16,17). The Bertz CT molecular complexity index is 518. The number of carbonyl (C=O) groups is 1. The highest BCUT2D eigenvalue weighted by atomic mass is 32.1. The van der Waals surface area contributed by atoms with Crippen molar-refractivity contribution in [1.82, 2.24) is 5.32 Å². The molecular formula is C14H20N2OS2. The summed E-state index contributed by atoms with van der Waals surface area (Å²) in [6, 6.07) is 2.14. The average Bonchev–Trinajstić information content (AvgIpc) is 2.55. The van der Waals surface area contributed by atoms with Gasteiger partial charge in [-0.1, -0.05) is 18.6 Å². The highest BCUT2D eigenvalue weighted by Crippen LogP contribution is 2.42. The first-order valence-electron chi connectivity index (χ1n) is 6.54. The molecule has 1 fully saturated rings. The predicted molar refractivity (Wildman–Crippen MR) is 83.4 cm³/mol. The molecular weight excluding hydrogens is 276 g/mol. The molecule has 19 heavy (non-hydrogen) atoms. The number of thiophene rings is 1. The van der Waals surface area contributed by atoms with Gasteiger partial charge in [0.25, 0.3) is 0 Å². The summed E-state index contributed by atoms with van der Waals surface area (Å²) in [6.45, 7) is 6.18. The summed E-state index contributed by atoms with van der Waals surface area (Å²) in [7, 11) is 0. The summed E-state index contributed by atoms with van der Waals surface area (Å²) in [4.78, 5) is 15.3. The molecule has 1 heterocycles. The van der Waals surface area contributed by atoms with Crippen molar-refractivity contribution < 1.29 is 4.79 Å². The normalized spacial score (nSPS) is 18.5. The quantitative estimate of drug-likeness (QED) is 0.840. The van der Waals surface area contributed by atoms with Gasteiger partial charge in [0.1, 0.15) is 0 Å². The second kappa shape index (κ2) is 5.21. The van der Waals surface area contributed by atoms with Gasteiger partial charge in [-0.05, 0) is 45.2 Å². The zero-order valence-electron chi connectivity index (χ0n) is 11.6. The first kappa shape index (κ1) is 14.5. The summed E-state index contributed by atoms with van der Waals surface area (Å²) >= 11 is 6.83. The van der Waals surface area contributed by atoms with E-state index >= 15 is 0 Å². The van der Waals surface area contributed by atoms with E-state index in [1.165, 1.54) is 15.3 Å². The molecule has 0 radical (unpaired) electrons. The topological polar surface area (TPSA) is 55.1 Å². The molecule has 5 heteroatoms. The van der Waals surface area contributed by atoms with Crippen LogP contribution in [-0.2, 0) is 4.79 Å². The largest absolute Gasteiger partial charge is 0.392 e. The number of aryl methyl sites for hydroxylation is 2. The molecule has 1 unspecified atom stereocenters. The Labute approximate surface area is 123 Å². The molecule has 0 aromatic carbocycles. The zero-order chi connectivity index (χ0) is 14.2. The summed E-state index contributed by atoms with van der Waals surface area (Å²) in [5.74, 6) is -0.0120. The molecule has 104 valence electrons. The number of amides is 1. The third-order valence-corrected chi connectivity index (χ3v) is 5.38. The first-order chi connectivity index (χ1) is 8.86. The lowest BCUT2D eigenvalue weighted by Gasteiger charge is -2.39. The second-order valence-electron chi connectivity index (χ2n) is 5.36. The average molecular weight is 296 g/mol. The molecule has 1 saturated carbocycles. The lowest BCUT2D eigenvalue weighted by molar-refractivity contribution is -0.131. The van der Waals surface area contributed by atoms with Crippen molar-refractivity contribution in [2.45, 2.75) is 46.1 Å². The third kappa shape index (κ3) is 2.54. The van der Waals surface area contributed by atoms with E-state index in [9.17, 15) is 4.79 Å². The van der Waals surface area contributed by atoms with Crippen molar-refractivity contribution >= 4 is 34.5 Å². The Balaban J connectivity index is 2.11. The van der Waals surface area contributed by atoms with E-state index in [1.54, 1.807) is 11.3 Å². The van der Waals surface area contributed by atoms with Crippen LogP contribution in [0.4, 0.5) is 0 Å². The number of thiocarbonyl (C=S) groups is 1. The number of hydrogen-bond donors (Lipinski definition) is 2. The van der Waals surface area contributed by atoms with Crippen LogP contribution >= 0.6 is 23.6 Å². The first-order valence-corrected chi connectivity index (χ1v) is 7.77. The van der Waals surface area contributed by atoms with Gasteiger partial charge in [0.15, 0.2) is 0 Å². The van der Waals surface area contributed by atoms with Crippen LogP contribution in [0.25, 0.3) is 0 Å². The Morgan fingerprint density at radius 1 is 1.53 bits per heavy atom. The van der Waals surface area contributed by atoms with Crippen LogP contribution in [0.3, 0.4) is 0 Å². The van der Waals surface area contributed by atoms with Gasteiger partial charge >= 0.3 is 0 Å². The summed E-state index contributed by atoms with van der Waals surface area (Å²) in [5.41, 5.74) is 6.35. The Kier molecular flexibility index (Phi) is 3.97. The molecule has 0 aliphatic heterocycles. The van der Waals surface area contributed by atoms with Crippen molar-refractivity contribution in [1.29, 1.82) is 0 Å². The summed E-state index contributed by atoms with van der Waals surface area (Å²) in [5, 5.41) is 3.07. The van der Waals surface area contributed by atoms with E-state index in [1.807, 2.05) is 6.92 Å². The second-order valence-corrected chi connectivity index (χ2v) is 7.26. The van der Waals surface area contributed by atoms with E-state index in [0.717, 1.165) is 19.3 Å². The molecule has 1 amide bonds. The van der Waals surface area contributed by atoms with Crippen LogP contribution < -0.4 is 11.1 Å². The molecule has 0 saturated heterocycles. The van der Waals surface area contributed by atoms with Gasteiger partial charge in [0, 0.05) is 9.75 Å². The monoisotopic (exact) mass is 296 g/mol. The van der Waals surface area contributed by atoms with E-state index in [4.69, 9.17) is 18.0 Å². The van der Waals surface area contributed by atoms with Crippen LogP contribution in [0.5, 0.6) is 0 Å². The lowest BCUT2D eigenvalue weighted by Crippen LogP contribution is -2.53. The van der Waals surface area contributed by atoms with E-state index in [2.05, 4.69) is 25.2 Å². The van der Waals surface area contributed by atoms with Gasteiger partial charge < -0.3 is 11.1 Å². The number of nitrogens with two attached hydrogens (primary N) is 1. The molecule has 3 N–H and O–H groups in total. The van der Waals surface area contributed by atoms with Gasteiger partial charge in [-0.15, -0.1) is 11.3 Å². The predicted octanol–water partition coefficient (Wildman–Crippen LogP) is 3.00. The van der Waals surface area contributed by atoms with Crippen molar-refractivity contribution in [3.8, 4) is 0 Å². The fourth-order valence-electron chi connectivity index (χ4n) is 2.61. The highest BCUT2D eigenvalue weighted by molar-refractivity contribution is 7.80. The maximum absolute atomic E-state index is 12.4. The van der Waals surface area contributed by atoms with E-state index in [0.29, 0.717) is 4.99 Å². The van der Waals surface area contributed by atoms with Crippen LogP contribution in [0.2, 0.25) is 0 Å². The molecule has 1 aliphatic rings. The van der Waals surface area contributed by atoms with Crippen molar-refractivity contribution in [2.75, 3.05) is 0 Å². The minimum Gasteiger partial charge on any atom is -0.392 e. The number of nitrogens with one attached hydrogen (secondary N) is 1. The highest BCUT2D eigenvalue weighted by Gasteiger charge is 2.47.